The van der Waals surface area contributed by atoms with Crippen molar-refractivity contribution < 1.29 is 14.2 Å². The first-order valence-electron chi connectivity index (χ1n) is 11.1. The minimum absolute atomic E-state index is 0. The van der Waals surface area contributed by atoms with Crippen LogP contribution in [0.1, 0.15) is 45.4 Å². The van der Waals surface area contributed by atoms with Gasteiger partial charge < -0.3 is 24.4 Å². The third-order valence-electron chi connectivity index (χ3n) is 5.92. The van der Waals surface area contributed by atoms with Gasteiger partial charge in [0.1, 0.15) is 17.6 Å². The summed E-state index contributed by atoms with van der Waals surface area (Å²) in [4.78, 5) is 6.79. The molecule has 0 radical (unpaired) electrons. The van der Waals surface area contributed by atoms with Crippen LogP contribution in [0.15, 0.2) is 29.3 Å². The number of hydrogen-bond donors (Lipinski definition) is 1. The van der Waals surface area contributed by atoms with E-state index in [1.54, 1.807) is 7.11 Å². The molecule has 0 aromatic heterocycles. The van der Waals surface area contributed by atoms with E-state index in [9.17, 15) is 0 Å². The summed E-state index contributed by atoms with van der Waals surface area (Å²) >= 11 is 0. The maximum Gasteiger partial charge on any atom is 0.193 e. The van der Waals surface area contributed by atoms with Crippen LogP contribution in [-0.2, 0) is 4.74 Å². The molecule has 1 saturated carbocycles. The Morgan fingerprint density at radius 1 is 1.17 bits per heavy atom. The molecular weight excluding hydrogens is 493 g/mol. The predicted molar refractivity (Wildman–Crippen MR) is 132 cm³/mol. The Bertz CT molecular complexity index is 644. The van der Waals surface area contributed by atoms with Gasteiger partial charge in [0, 0.05) is 32.8 Å². The van der Waals surface area contributed by atoms with Crippen molar-refractivity contribution in [2.75, 3.05) is 40.4 Å². The first-order chi connectivity index (χ1) is 14.2. The van der Waals surface area contributed by atoms with Crippen molar-refractivity contribution >= 4 is 29.9 Å². The SMILES string of the molecule is CN=C(NCC(C)Oc1cccc(OC)c1)N1CCC(OCC2CCCC2)CC1.I. The number of nitrogens with one attached hydrogen (secondary N) is 1. The molecule has 1 aliphatic heterocycles. The molecule has 1 heterocycles. The van der Waals surface area contributed by atoms with E-state index in [4.69, 9.17) is 14.2 Å². The summed E-state index contributed by atoms with van der Waals surface area (Å²) in [5.41, 5.74) is 0. The zero-order valence-electron chi connectivity index (χ0n) is 18.6. The fraction of sp³-hybridized carbons (Fsp3) is 0.696. The van der Waals surface area contributed by atoms with Crippen molar-refractivity contribution in [1.82, 2.24) is 10.2 Å². The highest BCUT2D eigenvalue weighted by Crippen LogP contribution is 2.26. The van der Waals surface area contributed by atoms with Gasteiger partial charge >= 0.3 is 0 Å². The number of ether oxygens (including phenoxy) is 3. The van der Waals surface area contributed by atoms with Crippen LogP contribution in [0.3, 0.4) is 0 Å². The van der Waals surface area contributed by atoms with Gasteiger partial charge in [0.05, 0.1) is 19.8 Å². The molecule has 0 spiro atoms. The number of guanidine groups is 1. The Morgan fingerprint density at radius 2 is 1.87 bits per heavy atom. The molecule has 170 valence electrons. The highest BCUT2D eigenvalue weighted by atomic mass is 127. The van der Waals surface area contributed by atoms with Gasteiger partial charge in [-0.15, -0.1) is 24.0 Å². The molecule has 0 amide bonds. The zero-order chi connectivity index (χ0) is 20.5. The van der Waals surface area contributed by atoms with Crippen LogP contribution in [0.4, 0.5) is 0 Å². The Morgan fingerprint density at radius 3 is 2.53 bits per heavy atom. The second-order valence-corrected chi connectivity index (χ2v) is 8.21. The molecule has 3 rings (SSSR count). The standard InChI is InChI=1S/C23H37N3O3.HI/c1-18(29-22-10-6-9-21(15-22)27-3)16-25-23(24-2)26-13-11-20(12-14-26)28-17-19-7-4-5-8-19;/h6,9-10,15,18-20H,4-5,7-8,11-14,16-17H2,1-3H3,(H,24,25);1H. The summed E-state index contributed by atoms with van der Waals surface area (Å²) in [5.74, 6) is 3.36. The first kappa shape index (κ1) is 25.0. The third-order valence-corrected chi connectivity index (χ3v) is 5.92. The van der Waals surface area contributed by atoms with Crippen LogP contribution in [-0.4, -0.2) is 63.5 Å². The van der Waals surface area contributed by atoms with Crippen molar-refractivity contribution in [1.29, 1.82) is 0 Å². The lowest BCUT2D eigenvalue weighted by Crippen LogP contribution is -2.48. The van der Waals surface area contributed by atoms with Gasteiger partial charge in [-0.25, -0.2) is 0 Å². The van der Waals surface area contributed by atoms with Crippen molar-refractivity contribution in [3.8, 4) is 11.5 Å². The number of aliphatic imine (C=N–C) groups is 1. The number of methoxy groups -OCH3 is 1. The molecule has 1 aromatic carbocycles. The number of halogens is 1. The quantitative estimate of drug-likeness (QED) is 0.308. The van der Waals surface area contributed by atoms with Crippen LogP contribution in [0.25, 0.3) is 0 Å². The van der Waals surface area contributed by atoms with Crippen molar-refractivity contribution in [2.45, 2.75) is 57.7 Å². The van der Waals surface area contributed by atoms with Gasteiger partial charge in [-0.2, -0.15) is 0 Å². The molecule has 7 heteroatoms. The second kappa shape index (κ2) is 13.2. The first-order valence-corrected chi connectivity index (χ1v) is 11.1. The summed E-state index contributed by atoms with van der Waals surface area (Å²) in [6.45, 7) is 5.68. The topological polar surface area (TPSA) is 55.3 Å². The lowest BCUT2D eigenvalue weighted by atomic mass is 10.1. The Kier molecular flexibility index (Phi) is 11.1. The average Bonchev–Trinajstić information content (AvgIpc) is 3.27. The number of nitrogens with zero attached hydrogens (tertiary/aromatic N) is 2. The molecule has 1 saturated heterocycles. The molecule has 1 aromatic rings. The van der Waals surface area contributed by atoms with Gasteiger partial charge in [-0.05, 0) is 50.7 Å². The number of likely N-dealkylation sites (tertiary alicyclic amines) is 1. The van der Waals surface area contributed by atoms with E-state index in [-0.39, 0.29) is 30.1 Å². The fourth-order valence-corrected chi connectivity index (χ4v) is 4.20. The molecule has 30 heavy (non-hydrogen) atoms. The van der Waals surface area contributed by atoms with E-state index in [2.05, 4.69) is 22.1 Å². The van der Waals surface area contributed by atoms with E-state index in [1.165, 1.54) is 25.7 Å². The van der Waals surface area contributed by atoms with Gasteiger partial charge in [0.25, 0.3) is 0 Å². The minimum atomic E-state index is 0. The van der Waals surface area contributed by atoms with Crippen LogP contribution < -0.4 is 14.8 Å². The van der Waals surface area contributed by atoms with Crippen LogP contribution in [0.5, 0.6) is 11.5 Å². The molecule has 0 bridgehead atoms. The van der Waals surface area contributed by atoms with Crippen molar-refractivity contribution in [3.05, 3.63) is 24.3 Å². The third kappa shape index (κ3) is 7.80. The Balaban J connectivity index is 0.00000320. The van der Waals surface area contributed by atoms with Gasteiger partial charge in [-0.3, -0.25) is 4.99 Å². The molecule has 1 unspecified atom stereocenters. The average molecular weight is 531 g/mol. The largest absolute Gasteiger partial charge is 0.497 e. The normalized spacial score (nSPS) is 19.3. The van der Waals surface area contributed by atoms with Crippen LogP contribution in [0, 0.1) is 5.92 Å². The predicted octanol–water partition coefficient (Wildman–Crippen LogP) is 4.33. The molecular formula is C23H38IN3O3. The highest BCUT2D eigenvalue weighted by molar-refractivity contribution is 14.0. The summed E-state index contributed by atoms with van der Waals surface area (Å²) in [6, 6.07) is 7.71. The van der Waals surface area contributed by atoms with Crippen molar-refractivity contribution in [2.24, 2.45) is 10.9 Å². The molecule has 6 nitrogen and oxygen atoms in total. The lowest BCUT2D eigenvalue weighted by molar-refractivity contribution is 0.000961. The van der Waals surface area contributed by atoms with E-state index in [1.807, 2.05) is 31.3 Å². The van der Waals surface area contributed by atoms with E-state index >= 15 is 0 Å². The highest BCUT2D eigenvalue weighted by Gasteiger charge is 2.24. The monoisotopic (exact) mass is 531 g/mol. The van der Waals surface area contributed by atoms with Crippen molar-refractivity contribution in [3.63, 3.8) is 0 Å². The Labute approximate surface area is 198 Å². The maximum atomic E-state index is 6.19. The fourth-order valence-electron chi connectivity index (χ4n) is 4.20. The summed E-state index contributed by atoms with van der Waals surface area (Å²) in [6.07, 6.45) is 8.04. The minimum Gasteiger partial charge on any atom is -0.497 e. The summed E-state index contributed by atoms with van der Waals surface area (Å²) in [7, 11) is 3.51. The number of hydrogen-bond acceptors (Lipinski definition) is 4. The van der Waals surface area contributed by atoms with E-state index in [0.29, 0.717) is 12.6 Å². The van der Waals surface area contributed by atoms with E-state index < -0.39 is 0 Å². The number of rotatable bonds is 8. The zero-order valence-corrected chi connectivity index (χ0v) is 21.0. The maximum absolute atomic E-state index is 6.19. The van der Waals surface area contributed by atoms with Gasteiger partial charge in [-0.1, -0.05) is 18.9 Å². The molecule has 2 fully saturated rings. The summed E-state index contributed by atoms with van der Waals surface area (Å²) in [5, 5.41) is 3.46. The van der Waals surface area contributed by atoms with Crippen LogP contribution in [0.2, 0.25) is 0 Å². The van der Waals surface area contributed by atoms with Gasteiger partial charge in [0.15, 0.2) is 5.96 Å². The smallest absolute Gasteiger partial charge is 0.193 e. The summed E-state index contributed by atoms with van der Waals surface area (Å²) < 4.78 is 17.5. The van der Waals surface area contributed by atoms with Gasteiger partial charge in [0.2, 0.25) is 0 Å². The molecule has 1 atom stereocenters. The second-order valence-electron chi connectivity index (χ2n) is 8.21. The number of benzene rings is 1. The molecule has 1 aliphatic carbocycles. The lowest BCUT2D eigenvalue weighted by Gasteiger charge is -2.34. The van der Waals surface area contributed by atoms with E-state index in [0.717, 1.165) is 55.9 Å². The number of piperidine rings is 1. The molecule has 2 aliphatic rings. The Hall–Kier alpha value is -1.22. The molecule has 1 N–H and O–H groups in total. The van der Waals surface area contributed by atoms with Crippen LogP contribution >= 0.6 is 24.0 Å².